The van der Waals surface area contributed by atoms with E-state index in [1.165, 1.54) is 0 Å². The normalized spacial score (nSPS) is 24.0. The first-order valence-electron chi connectivity index (χ1n) is 12.9. The Labute approximate surface area is 227 Å². The van der Waals surface area contributed by atoms with Gasteiger partial charge in [0.05, 0.1) is 22.7 Å². The van der Waals surface area contributed by atoms with E-state index in [9.17, 15) is 26.3 Å². The lowest BCUT2D eigenvalue weighted by molar-refractivity contribution is -0.143. The predicted molar refractivity (Wildman–Crippen MR) is 142 cm³/mol. The number of piperidine rings is 3. The lowest BCUT2D eigenvalue weighted by Crippen LogP contribution is -2.58. The molecule has 1 unspecified atom stereocenters. The van der Waals surface area contributed by atoms with Gasteiger partial charge in [-0.3, -0.25) is 9.88 Å². The highest BCUT2D eigenvalue weighted by molar-refractivity contribution is 7.80. The fraction of sp³-hybridized carbons (Fsp3) is 0.429. The Morgan fingerprint density at radius 1 is 1.05 bits per heavy atom. The van der Waals surface area contributed by atoms with Gasteiger partial charge in [0.15, 0.2) is 5.11 Å². The van der Waals surface area contributed by atoms with E-state index in [4.69, 9.17) is 12.2 Å². The summed E-state index contributed by atoms with van der Waals surface area (Å²) >= 11 is 5.49. The Balaban J connectivity index is 1.48. The number of para-hydroxylation sites is 1. The molecule has 0 saturated carbocycles. The first-order chi connectivity index (χ1) is 18.4. The molecule has 0 aliphatic carbocycles. The van der Waals surface area contributed by atoms with Gasteiger partial charge in [-0.25, -0.2) is 0 Å². The summed E-state index contributed by atoms with van der Waals surface area (Å²) < 4.78 is 80.3. The topological polar surface area (TPSA) is 40.2 Å². The minimum Gasteiger partial charge on any atom is -0.354 e. The second kappa shape index (κ2) is 10.6. The Morgan fingerprint density at radius 3 is 2.36 bits per heavy atom. The maximum absolute atomic E-state index is 13.4. The van der Waals surface area contributed by atoms with Gasteiger partial charge in [-0.2, -0.15) is 26.3 Å². The highest BCUT2D eigenvalue weighted by Gasteiger charge is 2.43. The minimum atomic E-state index is -4.95. The number of halogens is 6. The van der Waals surface area contributed by atoms with Crippen LogP contribution in [0.25, 0.3) is 10.9 Å². The fourth-order valence-corrected chi connectivity index (χ4v) is 6.34. The molecule has 2 N–H and O–H groups in total. The number of pyridine rings is 1. The first-order valence-corrected chi connectivity index (χ1v) is 13.3. The summed E-state index contributed by atoms with van der Waals surface area (Å²) in [6.45, 7) is 4.06. The highest BCUT2D eigenvalue weighted by atomic mass is 32.1. The summed E-state index contributed by atoms with van der Waals surface area (Å²) in [4.78, 5) is 6.88. The van der Waals surface area contributed by atoms with E-state index in [0.29, 0.717) is 24.0 Å². The molecule has 1 aromatic heterocycles. The zero-order chi connectivity index (χ0) is 27.9. The van der Waals surface area contributed by atoms with Gasteiger partial charge in [-0.1, -0.05) is 31.5 Å². The number of fused-ring (bicyclic) bond motifs is 4. The van der Waals surface area contributed by atoms with Crippen molar-refractivity contribution < 1.29 is 26.3 Å². The number of anilines is 1. The zero-order valence-electron chi connectivity index (χ0n) is 21.1. The largest absolute Gasteiger partial charge is 0.416 e. The van der Waals surface area contributed by atoms with Crippen LogP contribution in [-0.4, -0.2) is 34.1 Å². The smallest absolute Gasteiger partial charge is 0.354 e. The Hall–Kier alpha value is -2.92. The molecule has 2 bridgehead atoms. The quantitative estimate of drug-likeness (QED) is 0.249. The second-order valence-corrected chi connectivity index (χ2v) is 10.7. The van der Waals surface area contributed by atoms with Gasteiger partial charge in [0, 0.05) is 29.9 Å². The van der Waals surface area contributed by atoms with Crippen molar-refractivity contribution in [3.05, 3.63) is 71.4 Å². The number of benzene rings is 2. The Kier molecular flexibility index (Phi) is 7.49. The van der Waals surface area contributed by atoms with Crippen molar-refractivity contribution in [2.75, 3.05) is 18.4 Å². The SMILES string of the molecule is CC[C@H]1CN2CC[C@H]1C[C@@H]2[C@@H](NC(=S)Nc1cc(C(F)(F)F)cc(C(F)(F)F)c1)c1ccnc2ccccc12. The first kappa shape index (κ1) is 27.6. The molecule has 0 radical (unpaired) electrons. The van der Waals surface area contributed by atoms with Crippen molar-refractivity contribution in [2.24, 2.45) is 11.8 Å². The molecule has 3 fully saturated rings. The molecule has 6 rings (SSSR count). The van der Waals surface area contributed by atoms with E-state index in [2.05, 4.69) is 27.4 Å². The molecule has 11 heteroatoms. The zero-order valence-corrected chi connectivity index (χ0v) is 21.9. The van der Waals surface area contributed by atoms with Crippen LogP contribution in [0.3, 0.4) is 0 Å². The summed E-state index contributed by atoms with van der Waals surface area (Å²) in [7, 11) is 0. The third-order valence-corrected chi connectivity index (χ3v) is 8.22. The lowest BCUT2D eigenvalue weighted by Gasteiger charge is -2.52. The summed E-state index contributed by atoms with van der Waals surface area (Å²) in [5.74, 6) is 1.14. The van der Waals surface area contributed by atoms with E-state index in [1.54, 1.807) is 6.20 Å². The van der Waals surface area contributed by atoms with Crippen molar-refractivity contribution in [1.29, 1.82) is 0 Å². The molecule has 3 aliphatic heterocycles. The van der Waals surface area contributed by atoms with E-state index >= 15 is 0 Å². The summed E-state index contributed by atoms with van der Waals surface area (Å²) in [5.41, 5.74) is -1.48. The highest BCUT2D eigenvalue weighted by Crippen LogP contribution is 2.43. The van der Waals surface area contributed by atoms with Gasteiger partial charge in [-0.05, 0) is 79.3 Å². The van der Waals surface area contributed by atoms with Crippen molar-refractivity contribution in [3.63, 3.8) is 0 Å². The molecule has 2 aromatic carbocycles. The van der Waals surface area contributed by atoms with Crippen LogP contribution in [0.1, 0.15) is 48.9 Å². The molecule has 3 aromatic rings. The molecular formula is C28H28F6N4S. The minimum absolute atomic E-state index is 0.0457. The number of alkyl halides is 6. The average molecular weight is 567 g/mol. The van der Waals surface area contributed by atoms with Crippen LogP contribution in [0, 0.1) is 11.8 Å². The van der Waals surface area contributed by atoms with Crippen molar-refractivity contribution >= 4 is 33.9 Å². The molecule has 4 nitrogen and oxygen atoms in total. The molecule has 208 valence electrons. The van der Waals surface area contributed by atoms with Crippen LogP contribution >= 0.6 is 12.2 Å². The number of hydrogen-bond acceptors (Lipinski definition) is 3. The molecule has 5 atom stereocenters. The summed E-state index contributed by atoms with van der Waals surface area (Å²) in [6.07, 6.45) is -5.09. The Morgan fingerprint density at radius 2 is 1.74 bits per heavy atom. The fourth-order valence-electron chi connectivity index (χ4n) is 6.09. The van der Waals surface area contributed by atoms with E-state index in [0.717, 1.165) is 48.8 Å². The molecule has 0 amide bonds. The van der Waals surface area contributed by atoms with E-state index in [-0.39, 0.29) is 28.9 Å². The summed E-state index contributed by atoms with van der Waals surface area (Å²) in [5, 5.41) is 6.73. The maximum atomic E-state index is 13.4. The van der Waals surface area contributed by atoms with Gasteiger partial charge >= 0.3 is 12.4 Å². The monoisotopic (exact) mass is 566 g/mol. The van der Waals surface area contributed by atoms with Crippen LogP contribution in [-0.2, 0) is 12.4 Å². The number of aromatic nitrogens is 1. The van der Waals surface area contributed by atoms with Crippen molar-refractivity contribution in [3.8, 4) is 0 Å². The average Bonchev–Trinajstić information content (AvgIpc) is 2.90. The molecule has 39 heavy (non-hydrogen) atoms. The molecule has 0 spiro atoms. The van der Waals surface area contributed by atoms with Crippen LogP contribution < -0.4 is 10.6 Å². The van der Waals surface area contributed by atoms with Gasteiger partial charge in [0.1, 0.15) is 0 Å². The van der Waals surface area contributed by atoms with Crippen LogP contribution in [0.15, 0.2) is 54.7 Å². The van der Waals surface area contributed by atoms with Crippen LogP contribution in [0.5, 0.6) is 0 Å². The van der Waals surface area contributed by atoms with Gasteiger partial charge < -0.3 is 10.6 Å². The summed E-state index contributed by atoms with van der Waals surface area (Å²) in [6, 6.07) is 10.6. The van der Waals surface area contributed by atoms with E-state index < -0.39 is 23.5 Å². The van der Waals surface area contributed by atoms with Gasteiger partial charge in [0.25, 0.3) is 0 Å². The second-order valence-electron chi connectivity index (χ2n) is 10.3. The molecular weight excluding hydrogens is 538 g/mol. The van der Waals surface area contributed by atoms with Crippen molar-refractivity contribution in [1.82, 2.24) is 15.2 Å². The number of thiocarbonyl (C=S) groups is 1. The number of hydrogen-bond donors (Lipinski definition) is 2. The molecule has 3 saturated heterocycles. The van der Waals surface area contributed by atoms with Crippen LogP contribution in [0.2, 0.25) is 0 Å². The standard InChI is InChI=1S/C28H28F6N4S/c1-2-16-15-38-10-8-17(16)11-24(38)25(22-7-9-35-23-6-4-3-5-21(22)23)37-26(39)36-20-13-18(27(29,30)31)12-19(14-20)28(32,33)34/h3-7,9,12-14,16-17,24-25H,2,8,10-11,15H2,1H3,(H2,36,37,39)/t16-,17-,24+,25-/m0/s1. The lowest BCUT2D eigenvalue weighted by atomic mass is 9.72. The third-order valence-electron chi connectivity index (χ3n) is 8.00. The van der Waals surface area contributed by atoms with Gasteiger partial charge in [-0.15, -0.1) is 0 Å². The maximum Gasteiger partial charge on any atom is 0.416 e. The van der Waals surface area contributed by atoms with Gasteiger partial charge in [0.2, 0.25) is 0 Å². The molecule has 4 heterocycles. The molecule has 3 aliphatic rings. The number of rotatable bonds is 5. The van der Waals surface area contributed by atoms with Crippen LogP contribution in [0.4, 0.5) is 32.0 Å². The van der Waals surface area contributed by atoms with E-state index in [1.807, 2.05) is 30.3 Å². The predicted octanol–water partition coefficient (Wildman–Crippen LogP) is 7.42. The Bertz CT molecular complexity index is 1320. The number of nitrogens with one attached hydrogen (secondary N) is 2. The third kappa shape index (κ3) is 5.84. The van der Waals surface area contributed by atoms with Crippen molar-refractivity contribution in [2.45, 2.75) is 50.6 Å². The number of nitrogens with zero attached hydrogens (tertiary/aromatic N) is 2.